The van der Waals surface area contributed by atoms with Crippen molar-refractivity contribution < 1.29 is 4.79 Å². The summed E-state index contributed by atoms with van der Waals surface area (Å²) >= 11 is 0. The summed E-state index contributed by atoms with van der Waals surface area (Å²) in [6.07, 6.45) is 2.21. The van der Waals surface area contributed by atoms with Crippen LogP contribution in [0.1, 0.15) is 33.6 Å². The molecule has 1 heterocycles. The first-order chi connectivity index (χ1) is 7.41. The van der Waals surface area contributed by atoms with Crippen LogP contribution in [0.2, 0.25) is 0 Å². The molecule has 1 aliphatic heterocycles. The molecule has 0 spiro atoms. The van der Waals surface area contributed by atoms with Crippen LogP contribution >= 0.6 is 0 Å². The molecule has 1 saturated heterocycles. The van der Waals surface area contributed by atoms with Gasteiger partial charge in [0.15, 0.2) is 0 Å². The van der Waals surface area contributed by atoms with Gasteiger partial charge in [-0.2, -0.15) is 0 Å². The van der Waals surface area contributed by atoms with Gasteiger partial charge in [0.2, 0.25) is 0 Å². The lowest BCUT2D eigenvalue weighted by Gasteiger charge is -2.28. The molecule has 2 amide bonds. The van der Waals surface area contributed by atoms with Crippen LogP contribution in [0.4, 0.5) is 4.79 Å². The molecule has 16 heavy (non-hydrogen) atoms. The Morgan fingerprint density at radius 1 is 1.50 bits per heavy atom. The molecule has 4 heteroatoms. The molecule has 0 radical (unpaired) electrons. The van der Waals surface area contributed by atoms with E-state index in [2.05, 4.69) is 20.8 Å². The number of rotatable bonds is 5. The molecule has 94 valence electrons. The fourth-order valence-corrected chi connectivity index (χ4v) is 2.17. The Morgan fingerprint density at radius 3 is 2.62 bits per heavy atom. The number of carbonyl (C=O) groups is 1. The van der Waals surface area contributed by atoms with Gasteiger partial charge in [0, 0.05) is 20.1 Å². The van der Waals surface area contributed by atoms with Gasteiger partial charge in [-0.15, -0.1) is 0 Å². The highest BCUT2D eigenvalue weighted by Gasteiger charge is 2.36. The maximum Gasteiger partial charge on any atom is 0.320 e. The Kier molecular flexibility index (Phi) is 4.19. The summed E-state index contributed by atoms with van der Waals surface area (Å²) in [6.45, 7) is 8.59. The van der Waals surface area contributed by atoms with Gasteiger partial charge in [0.05, 0.1) is 6.04 Å². The van der Waals surface area contributed by atoms with E-state index in [1.807, 2.05) is 16.8 Å². The van der Waals surface area contributed by atoms with Crippen molar-refractivity contribution in [2.75, 3.05) is 26.7 Å². The molecule has 0 saturated carbocycles. The Bertz CT molecular complexity index is 253. The molecule has 1 atom stereocenters. The molecule has 1 aliphatic rings. The van der Waals surface area contributed by atoms with Crippen molar-refractivity contribution >= 4 is 6.03 Å². The first-order valence-electron chi connectivity index (χ1n) is 6.13. The predicted octanol–water partition coefficient (Wildman–Crippen LogP) is 1.51. The van der Waals surface area contributed by atoms with Crippen molar-refractivity contribution in [1.29, 1.82) is 0 Å². The number of urea groups is 1. The van der Waals surface area contributed by atoms with Gasteiger partial charge in [0.1, 0.15) is 0 Å². The number of nitrogens with zero attached hydrogens (tertiary/aromatic N) is 2. The topological polar surface area (TPSA) is 49.6 Å². The molecule has 0 aromatic rings. The van der Waals surface area contributed by atoms with Crippen LogP contribution in [-0.4, -0.2) is 48.6 Å². The molecule has 2 N–H and O–H groups in total. The average molecular weight is 227 g/mol. The third-order valence-electron chi connectivity index (χ3n) is 3.34. The zero-order valence-corrected chi connectivity index (χ0v) is 11.0. The van der Waals surface area contributed by atoms with Crippen LogP contribution in [0.15, 0.2) is 0 Å². The molecule has 1 unspecified atom stereocenters. The molecule has 1 fully saturated rings. The second-order valence-corrected chi connectivity index (χ2v) is 5.58. The zero-order valence-electron chi connectivity index (χ0n) is 11.0. The quantitative estimate of drug-likeness (QED) is 0.774. The summed E-state index contributed by atoms with van der Waals surface area (Å²) in [7, 11) is 1.90. The molecule has 0 bridgehead atoms. The smallest absolute Gasteiger partial charge is 0.320 e. The van der Waals surface area contributed by atoms with Crippen LogP contribution in [-0.2, 0) is 0 Å². The van der Waals surface area contributed by atoms with Gasteiger partial charge >= 0.3 is 6.03 Å². The third kappa shape index (κ3) is 2.88. The van der Waals surface area contributed by atoms with Gasteiger partial charge in [-0.1, -0.05) is 27.2 Å². The van der Waals surface area contributed by atoms with E-state index in [-0.39, 0.29) is 11.4 Å². The average Bonchev–Trinajstić information content (AvgIpc) is 2.47. The van der Waals surface area contributed by atoms with E-state index in [0.29, 0.717) is 12.6 Å². The van der Waals surface area contributed by atoms with Crippen molar-refractivity contribution in [3.05, 3.63) is 0 Å². The Labute approximate surface area is 98.8 Å². The lowest BCUT2D eigenvalue weighted by atomic mass is 9.93. The van der Waals surface area contributed by atoms with Crippen LogP contribution in [0, 0.1) is 5.41 Å². The van der Waals surface area contributed by atoms with Crippen molar-refractivity contribution in [3.8, 4) is 0 Å². The Balaban J connectivity index is 2.60. The summed E-state index contributed by atoms with van der Waals surface area (Å²) in [5.74, 6) is 0. The second-order valence-electron chi connectivity index (χ2n) is 5.58. The minimum absolute atomic E-state index is 0.0115. The van der Waals surface area contributed by atoms with Crippen LogP contribution in [0.3, 0.4) is 0 Å². The number of likely N-dealkylation sites (N-methyl/N-ethyl adjacent to an activating group) is 1. The highest BCUT2D eigenvalue weighted by atomic mass is 16.2. The lowest BCUT2D eigenvalue weighted by molar-refractivity contribution is 0.177. The molecule has 1 rings (SSSR count). The summed E-state index contributed by atoms with van der Waals surface area (Å²) in [5.41, 5.74) is 5.72. The number of carbonyl (C=O) groups excluding carboxylic acids is 1. The summed E-state index contributed by atoms with van der Waals surface area (Å²) in [6, 6.07) is 0.533. The number of nitrogens with two attached hydrogens (primary N) is 1. The molecule has 0 aliphatic carbocycles. The van der Waals surface area contributed by atoms with Gasteiger partial charge in [0.25, 0.3) is 0 Å². The molecule has 4 nitrogen and oxygen atoms in total. The van der Waals surface area contributed by atoms with E-state index >= 15 is 0 Å². The highest BCUT2D eigenvalue weighted by molar-refractivity contribution is 5.76. The summed E-state index contributed by atoms with van der Waals surface area (Å²) in [4.78, 5) is 15.8. The van der Waals surface area contributed by atoms with Crippen molar-refractivity contribution in [3.63, 3.8) is 0 Å². The molecular formula is C12H25N3O. The predicted molar refractivity (Wildman–Crippen MR) is 66.3 cm³/mol. The number of hydrogen-bond donors (Lipinski definition) is 1. The van der Waals surface area contributed by atoms with Crippen LogP contribution in [0.25, 0.3) is 0 Å². The zero-order chi connectivity index (χ0) is 12.3. The lowest BCUT2D eigenvalue weighted by Crippen LogP contribution is -2.40. The monoisotopic (exact) mass is 227 g/mol. The normalized spacial score (nSPS) is 22.1. The van der Waals surface area contributed by atoms with E-state index in [4.69, 9.17) is 5.73 Å². The SMILES string of the molecule is CCCC1CN(CC(C)(C)CN)C(=O)N1C. The standard InChI is InChI=1S/C12H25N3O/c1-5-6-10-7-15(11(16)14(10)4)9-12(2,3)8-13/h10H,5-9,13H2,1-4H3. The van der Waals surface area contributed by atoms with Crippen molar-refractivity contribution in [2.24, 2.45) is 11.1 Å². The van der Waals surface area contributed by atoms with Crippen LogP contribution < -0.4 is 5.73 Å². The number of hydrogen-bond acceptors (Lipinski definition) is 2. The maximum absolute atomic E-state index is 12.0. The van der Waals surface area contributed by atoms with Gasteiger partial charge in [-0.05, 0) is 18.4 Å². The maximum atomic E-state index is 12.0. The van der Waals surface area contributed by atoms with E-state index in [1.54, 1.807) is 0 Å². The van der Waals surface area contributed by atoms with Gasteiger partial charge in [-0.25, -0.2) is 4.79 Å². The first kappa shape index (κ1) is 13.3. The van der Waals surface area contributed by atoms with E-state index < -0.39 is 0 Å². The first-order valence-corrected chi connectivity index (χ1v) is 6.13. The highest BCUT2D eigenvalue weighted by Crippen LogP contribution is 2.23. The van der Waals surface area contributed by atoms with E-state index in [9.17, 15) is 4.79 Å². The summed E-state index contributed by atoms with van der Waals surface area (Å²) in [5, 5.41) is 0. The Morgan fingerprint density at radius 2 is 2.12 bits per heavy atom. The second kappa shape index (κ2) is 5.04. The van der Waals surface area contributed by atoms with Crippen LogP contribution in [0.5, 0.6) is 0 Å². The minimum Gasteiger partial charge on any atom is -0.330 e. The van der Waals surface area contributed by atoms with Gasteiger partial charge < -0.3 is 15.5 Å². The van der Waals surface area contributed by atoms with E-state index in [0.717, 1.165) is 25.9 Å². The third-order valence-corrected chi connectivity index (χ3v) is 3.34. The molecule has 0 aromatic carbocycles. The fourth-order valence-electron chi connectivity index (χ4n) is 2.17. The van der Waals surface area contributed by atoms with Crippen molar-refractivity contribution in [1.82, 2.24) is 9.80 Å². The summed E-state index contributed by atoms with van der Waals surface area (Å²) < 4.78 is 0. The molecule has 0 aromatic heterocycles. The van der Waals surface area contributed by atoms with Gasteiger partial charge in [-0.3, -0.25) is 0 Å². The van der Waals surface area contributed by atoms with Crippen molar-refractivity contribution in [2.45, 2.75) is 39.7 Å². The van der Waals surface area contributed by atoms with E-state index in [1.165, 1.54) is 0 Å². The minimum atomic E-state index is 0.0115. The Hall–Kier alpha value is -0.770. The fraction of sp³-hybridized carbons (Fsp3) is 0.917. The molecular weight excluding hydrogens is 202 g/mol. The number of amides is 2. The largest absolute Gasteiger partial charge is 0.330 e.